The number of ether oxygens (including phenoxy) is 1. The maximum Gasteiger partial charge on any atom is 0.227 e. The van der Waals surface area contributed by atoms with E-state index in [9.17, 15) is 9.90 Å². The molecule has 1 amide bonds. The van der Waals surface area contributed by atoms with Crippen molar-refractivity contribution in [2.75, 3.05) is 11.9 Å². The number of phenols is 1. The maximum absolute atomic E-state index is 11.8. The van der Waals surface area contributed by atoms with Crippen LogP contribution in [0.1, 0.15) is 12.0 Å². The summed E-state index contributed by atoms with van der Waals surface area (Å²) in [6.07, 6.45) is 0.185. The quantitative estimate of drug-likeness (QED) is 0.793. The zero-order valence-corrected chi connectivity index (χ0v) is 13.4. The summed E-state index contributed by atoms with van der Waals surface area (Å²) in [5, 5.41) is 12.3. The molecule has 2 aromatic rings. The van der Waals surface area contributed by atoms with Crippen LogP contribution >= 0.6 is 23.2 Å². The van der Waals surface area contributed by atoms with Crippen molar-refractivity contribution in [3.05, 3.63) is 52.0 Å². The van der Waals surface area contributed by atoms with Crippen molar-refractivity contribution >= 4 is 34.8 Å². The minimum atomic E-state index is -0.232. The lowest BCUT2D eigenvalue weighted by Crippen LogP contribution is -2.15. The molecule has 0 heterocycles. The molecule has 2 aromatic carbocycles. The summed E-state index contributed by atoms with van der Waals surface area (Å²) in [5.41, 5.74) is 1.57. The third-order valence-electron chi connectivity index (χ3n) is 2.92. The van der Waals surface area contributed by atoms with Crippen LogP contribution in [0.2, 0.25) is 10.0 Å². The summed E-state index contributed by atoms with van der Waals surface area (Å²) in [5.74, 6) is 0.281. The first-order valence-corrected chi connectivity index (χ1v) is 7.38. The highest BCUT2D eigenvalue weighted by molar-refractivity contribution is 6.37. The van der Waals surface area contributed by atoms with Crippen molar-refractivity contribution in [1.82, 2.24) is 0 Å². The lowest BCUT2D eigenvalue weighted by atomic mass is 10.2. The monoisotopic (exact) mass is 339 g/mol. The fourth-order valence-corrected chi connectivity index (χ4v) is 2.24. The molecule has 0 atom stereocenters. The first-order chi connectivity index (χ1) is 10.5. The van der Waals surface area contributed by atoms with Crippen molar-refractivity contribution in [3.63, 3.8) is 0 Å². The Morgan fingerprint density at radius 1 is 1.18 bits per heavy atom. The van der Waals surface area contributed by atoms with Crippen LogP contribution < -0.4 is 10.1 Å². The number of phenolic OH excluding ortho intramolecular Hbond substituents is 1. The molecule has 2 N–H and O–H groups in total. The van der Waals surface area contributed by atoms with Gasteiger partial charge in [0, 0.05) is 5.69 Å². The number of carbonyl (C=O) groups is 1. The largest absolute Gasteiger partial charge is 0.505 e. The number of aromatic hydroxyl groups is 1. The van der Waals surface area contributed by atoms with Gasteiger partial charge < -0.3 is 15.2 Å². The Morgan fingerprint density at radius 3 is 2.36 bits per heavy atom. The number of aryl methyl sites for hydroxylation is 1. The Balaban J connectivity index is 1.84. The van der Waals surface area contributed by atoms with Gasteiger partial charge in [-0.2, -0.15) is 0 Å². The molecule has 6 heteroatoms. The molecule has 0 fully saturated rings. The van der Waals surface area contributed by atoms with Gasteiger partial charge in [-0.1, -0.05) is 40.9 Å². The van der Waals surface area contributed by atoms with E-state index < -0.39 is 0 Å². The number of nitrogens with one attached hydrogen (secondary N) is 1. The molecule has 2 rings (SSSR count). The van der Waals surface area contributed by atoms with Crippen LogP contribution in [0.3, 0.4) is 0 Å². The van der Waals surface area contributed by atoms with E-state index in [1.807, 2.05) is 31.2 Å². The molecule has 116 valence electrons. The van der Waals surface area contributed by atoms with Crippen LogP contribution in [-0.4, -0.2) is 17.6 Å². The maximum atomic E-state index is 11.8. The number of anilines is 1. The van der Waals surface area contributed by atoms with E-state index in [-0.39, 0.29) is 34.7 Å². The van der Waals surface area contributed by atoms with Gasteiger partial charge in [0.25, 0.3) is 0 Å². The van der Waals surface area contributed by atoms with E-state index in [1.165, 1.54) is 12.1 Å². The highest BCUT2D eigenvalue weighted by Crippen LogP contribution is 2.34. The van der Waals surface area contributed by atoms with Gasteiger partial charge in [-0.15, -0.1) is 0 Å². The van der Waals surface area contributed by atoms with Gasteiger partial charge in [0.2, 0.25) is 5.91 Å². The van der Waals surface area contributed by atoms with Crippen LogP contribution in [-0.2, 0) is 4.79 Å². The second-order valence-electron chi connectivity index (χ2n) is 4.75. The highest BCUT2D eigenvalue weighted by Gasteiger charge is 2.09. The number of rotatable bonds is 5. The number of amides is 1. The predicted molar refractivity (Wildman–Crippen MR) is 88.0 cm³/mol. The molecular formula is C16H15Cl2NO3. The number of benzene rings is 2. The molecule has 0 saturated heterocycles. The van der Waals surface area contributed by atoms with Gasteiger partial charge in [0.15, 0.2) is 5.75 Å². The van der Waals surface area contributed by atoms with Crippen molar-refractivity contribution in [3.8, 4) is 11.5 Å². The summed E-state index contributed by atoms with van der Waals surface area (Å²) in [4.78, 5) is 11.8. The van der Waals surface area contributed by atoms with E-state index in [1.54, 1.807) is 0 Å². The smallest absolute Gasteiger partial charge is 0.227 e. The summed E-state index contributed by atoms with van der Waals surface area (Å²) in [6, 6.07) is 10.5. The summed E-state index contributed by atoms with van der Waals surface area (Å²) in [6.45, 7) is 2.25. The minimum Gasteiger partial charge on any atom is -0.505 e. The number of halogens is 2. The molecular weight excluding hydrogens is 325 g/mol. The first kappa shape index (κ1) is 16.5. The number of hydrogen-bond acceptors (Lipinski definition) is 3. The van der Waals surface area contributed by atoms with Crippen LogP contribution in [0.15, 0.2) is 36.4 Å². The number of carbonyl (C=O) groups excluding carboxylic acids is 1. The van der Waals surface area contributed by atoms with E-state index in [4.69, 9.17) is 27.9 Å². The van der Waals surface area contributed by atoms with Gasteiger partial charge in [-0.3, -0.25) is 4.79 Å². The van der Waals surface area contributed by atoms with Gasteiger partial charge in [-0.25, -0.2) is 0 Å². The molecule has 0 radical (unpaired) electrons. The lowest BCUT2D eigenvalue weighted by molar-refractivity contribution is -0.116. The average Bonchev–Trinajstić information content (AvgIpc) is 2.47. The standard InChI is InChI=1S/C16H15Cl2NO3/c1-10-2-4-12(5-3-10)22-7-6-15(20)19-11-8-13(17)16(21)14(18)9-11/h2-5,8-9,21H,6-7H2,1H3,(H,19,20). The van der Waals surface area contributed by atoms with Gasteiger partial charge in [0.05, 0.1) is 23.1 Å². The normalized spacial score (nSPS) is 10.3. The second kappa shape index (κ2) is 7.38. The molecule has 0 aromatic heterocycles. The van der Waals surface area contributed by atoms with Gasteiger partial charge in [-0.05, 0) is 31.2 Å². The Bertz CT molecular complexity index is 649. The molecule has 0 bridgehead atoms. The Kier molecular flexibility index (Phi) is 5.52. The van der Waals surface area contributed by atoms with E-state index in [2.05, 4.69) is 5.32 Å². The summed E-state index contributed by atoms with van der Waals surface area (Å²) >= 11 is 11.6. The summed E-state index contributed by atoms with van der Waals surface area (Å²) < 4.78 is 5.48. The van der Waals surface area contributed by atoms with Crippen LogP contribution in [0.5, 0.6) is 11.5 Å². The third-order valence-corrected chi connectivity index (χ3v) is 3.50. The number of hydrogen-bond donors (Lipinski definition) is 2. The van der Waals surface area contributed by atoms with Crippen LogP contribution in [0, 0.1) is 6.92 Å². The van der Waals surface area contributed by atoms with Crippen molar-refractivity contribution in [2.24, 2.45) is 0 Å². The molecule has 0 aliphatic carbocycles. The fourth-order valence-electron chi connectivity index (χ4n) is 1.76. The van der Waals surface area contributed by atoms with Crippen LogP contribution in [0.4, 0.5) is 5.69 Å². The molecule has 0 aliphatic rings. The Morgan fingerprint density at radius 2 is 1.77 bits per heavy atom. The topological polar surface area (TPSA) is 58.6 Å². The summed E-state index contributed by atoms with van der Waals surface area (Å²) in [7, 11) is 0. The minimum absolute atomic E-state index is 0.0821. The molecule has 4 nitrogen and oxygen atoms in total. The Labute approximate surface area is 138 Å². The molecule has 22 heavy (non-hydrogen) atoms. The van der Waals surface area contributed by atoms with E-state index >= 15 is 0 Å². The van der Waals surface area contributed by atoms with E-state index in [0.717, 1.165) is 5.56 Å². The molecule has 0 saturated carbocycles. The zero-order chi connectivity index (χ0) is 16.1. The van der Waals surface area contributed by atoms with Crippen LogP contribution in [0.25, 0.3) is 0 Å². The fraction of sp³-hybridized carbons (Fsp3) is 0.188. The Hall–Kier alpha value is -1.91. The predicted octanol–water partition coefficient (Wildman–Crippen LogP) is 4.42. The van der Waals surface area contributed by atoms with Crippen molar-refractivity contribution in [1.29, 1.82) is 0 Å². The molecule has 0 spiro atoms. The highest BCUT2D eigenvalue weighted by atomic mass is 35.5. The molecule has 0 unspecified atom stereocenters. The SMILES string of the molecule is Cc1ccc(OCCC(=O)Nc2cc(Cl)c(O)c(Cl)c2)cc1. The van der Waals surface area contributed by atoms with Gasteiger partial charge >= 0.3 is 0 Å². The second-order valence-corrected chi connectivity index (χ2v) is 5.56. The van der Waals surface area contributed by atoms with Gasteiger partial charge in [0.1, 0.15) is 5.75 Å². The van der Waals surface area contributed by atoms with E-state index in [0.29, 0.717) is 11.4 Å². The average molecular weight is 340 g/mol. The molecule has 0 aliphatic heterocycles. The third kappa shape index (κ3) is 4.55. The zero-order valence-electron chi connectivity index (χ0n) is 11.9. The lowest BCUT2D eigenvalue weighted by Gasteiger charge is -2.09. The first-order valence-electron chi connectivity index (χ1n) is 6.63. The van der Waals surface area contributed by atoms with Crippen molar-refractivity contribution in [2.45, 2.75) is 13.3 Å². The van der Waals surface area contributed by atoms with Crippen molar-refractivity contribution < 1.29 is 14.6 Å².